The van der Waals surface area contributed by atoms with E-state index in [9.17, 15) is 9.59 Å². The highest BCUT2D eigenvalue weighted by molar-refractivity contribution is 5.81. The highest BCUT2D eigenvalue weighted by Crippen LogP contribution is 2.16. The highest BCUT2D eigenvalue weighted by atomic mass is 16.5. The molecule has 0 aromatic rings. The second-order valence-corrected chi connectivity index (χ2v) is 5.07. The Kier molecular flexibility index (Phi) is 6.84. The van der Waals surface area contributed by atoms with Gasteiger partial charge in [-0.05, 0) is 40.0 Å². The van der Waals surface area contributed by atoms with Gasteiger partial charge in [0.15, 0.2) is 0 Å². The van der Waals surface area contributed by atoms with Crippen LogP contribution in [0.15, 0.2) is 0 Å². The average molecular weight is 270 g/mol. The van der Waals surface area contributed by atoms with E-state index in [0.29, 0.717) is 25.6 Å². The van der Waals surface area contributed by atoms with Crippen LogP contribution in [0.4, 0.5) is 0 Å². The van der Waals surface area contributed by atoms with Crippen molar-refractivity contribution < 1.29 is 14.3 Å². The Morgan fingerprint density at radius 1 is 1.42 bits per heavy atom. The van der Waals surface area contributed by atoms with Crippen LogP contribution in [0, 0.1) is 0 Å². The Bertz CT molecular complexity index is 307. The number of rotatable bonds is 6. The van der Waals surface area contributed by atoms with Crippen molar-refractivity contribution in [3.05, 3.63) is 0 Å². The molecule has 110 valence electrons. The molecule has 0 saturated carbocycles. The Hall–Kier alpha value is -1.10. The van der Waals surface area contributed by atoms with Crippen molar-refractivity contribution in [3.63, 3.8) is 0 Å². The Labute approximate surface area is 115 Å². The molecule has 0 spiro atoms. The maximum Gasteiger partial charge on any atom is 0.248 e. The lowest BCUT2D eigenvalue weighted by Crippen LogP contribution is -2.43. The molecule has 0 bridgehead atoms. The third kappa shape index (κ3) is 5.19. The summed E-state index contributed by atoms with van der Waals surface area (Å²) in [5.41, 5.74) is 0. The number of hydrogen-bond donors (Lipinski definition) is 1. The first-order valence-electron chi connectivity index (χ1n) is 7.25. The number of piperidine rings is 1. The number of ether oxygens (including phenoxy) is 1. The zero-order chi connectivity index (χ0) is 14.3. The van der Waals surface area contributed by atoms with Gasteiger partial charge in [-0.2, -0.15) is 0 Å². The number of carbonyl (C=O) groups is 2. The standard InChI is InChI=1S/C14H26N2O3/c1-4-19-12(3)14(18)15-9-8-13(17)16-10-6-5-7-11(16)2/h11-12H,4-10H2,1-3H3,(H,15,18)/t11-,12-/m0/s1. The molecule has 1 saturated heterocycles. The van der Waals surface area contributed by atoms with Gasteiger partial charge in [0.2, 0.25) is 11.8 Å². The molecule has 19 heavy (non-hydrogen) atoms. The highest BCUT2D eigenvalue weighted by Gasteiger charge is 2.22. The number of hydrogen-bond acceptors (Lipinski definition) is 3. The van der Waals surface area contributed by atoms with Crippen LogP contribution in [0.25, 0.3) is 0 Å². The van der Waals surface area contributed by atoms with Crippen molar-refractivity contribution >= 4 is 11.8 Å². The fourth-order valence-corrected chi connectivity index (χ4v) is 2.37. The molecule has 0 unspecified atom stereocenters. The van der Waals surface area contributed by atoms with Crippen molar-refractivity contribution in [1.29, 1.82) is 0 Å². The van der Waals surface area contributed by atoms with E-state index in [4.69, 9.17) is 4.74 Å². The molecule has 1 rings (SSSR count). The van der Waals surface area contributed by atoms with Gasteiger partial charge in [0.1, 0.15) is 6.10 Å². The van der Waals surface area contributed by atoms with Gasteiger partial charge in [-0.15, -0.1) is 0 Å². The van der Waals surface area contributed by atoms with Gasteiger partial charge in [-0.1, -0.05) is 0 Å². The van der Waals surface area contributed by atoms with Gasteiger partial charge in [-0.25, -0.2) is 0 Å². The summed E-state index contributed by atoms with van der Waals surface area (Å²) in [6.45, 7) is 7.41. The first-order chi connectivity index (χ1) is 9.06. The van der Waals surface area contributed by atoms with E-state index < -0.39 is 6.10 Å². The summed E-state index contributed by atoms with van der Waals surface area (Å²) in [6.07, 6.45) is 3.29. The molecule has 0 radical (unpaired) electrons. The second-order valence-electron chi connectivity index (χ2n) is 5.07. The number of nitrogens with zero attached hydrogens (tertiary/aromatic N) is 1. The third-order valence-corrected chi connectivity index (χ3v) is 3.55. The summed E-state index contributed by atoms with van der Waals surface area (Å²) in [7, 11) is 0. The molecule has 2 atom stereocenters. The van der Waals surface area contributed by atoms with Crippen molar-refractivity contribution in [2.45, 2.75) is 58.6 Å². The minimum absolute atomic E-state index is 0.136. The number of nitrogens with one attached hydrogen (secondary N) is 1. The molecule has 0 aromatic carbocycles. The predicted octanol–water partition coefficient (Wildman–Crippen LogP) is 1.32. The molecule has 0 aromatic heterocycles. The van der Waals surface area contributed by atoms with Crippen LogP contribution in [0.5, 0.6) is 0 Å². The van der Waals surface area contributed by atoms with Crippen LogP contribution in [-0.2, 0) is 14.3 Å². The molecule has 0 aliphatic carbocycles. The second kappa shape index (κ2) is 8.15. The number of amides is 2. The lowest BCUT2D eigenvalue weighted by Gasteiger charge is -2.33. The van der Waals surface area contributed by atoms with Crippen molar-refractivity contribution in [2.24, 2.45) is 0 Å². The molecule has 1 fully saturated rings. The van der Waals surface area contributed by atoms with E-state index in [-0.39, 0.29) is 11.8 Å². The van der Waals surface area contributed by atoms with Gasteiger partial charge < -0.3 is 15.0 Å². The Morgan fingerprint density at radius 3 is 2.79 bits per heavy atom. The normalized spacial score (nSPS) is 21.0. The first kappa shape index (κ1) is 16.0. The van der Waals surface area contributed by atoms with Crippen molar-refractivity contribution in [1.82, 2.24) is 10.2 Å². The Morgan fingerprint density at radius 2 is 2.16 bits per heavy atom. The monoisotopic (exact) mass is 270 g/mol. The summed E-state index contributed by atoms with van der Waals surface area (Å²) in [5.74, 6) is -0.0158. The molecular formula is C14H26N2O3. The molecule has 5 nitrogen and oxygen atoms in total. The maximum atomic E-state index is 12.0. The average Bonchev–Trinajstić information content (AvgIpc) is 2.39. The van der Waals surface area contributed by atoms with E-state index in [2.05, 4.69) is 12.2 Å². The van der Waals surface area contributed by atoms with Gasteiger partial charge in [0.05, 0.1) is 0 Å². The fourth-order valence-electron chi connectivity index (χ4n) is 2.37. The molecule has 1 N–H and O–H groups in total. The SMILES string of the molecule is CCO[C@@H](C)C(=O)NCCC(=O)N1CCCC[C@@H]1C. The smallest absolute Gasteiger partial charge is 0.248 e. The van der Waals surface area contributed by atoms with E-state index in [1.54, 1.807) is 6.92 Å². The Balaban J connectivity index is 2.24. The van der Waals surface area contributed by atoms with Crippen LogP contribution in [0.3, 0.4) is 0 Å². The number of likely N-dealkylation sites (tertiary alicyclic amines) is 1. The van der Waals surface area contributed by atoms with Crippen LogP contribution in [0.2, 0.25) is 0 Å². The molecule has 2 amide bonds. The van der Waals surface area contributed by atoms with E-state index >= 15 is 0 Å². The lowest BCUT2D eigenvalue weighted by molar-refractivity contribution is -0.135. The zero-order valence-electron chi connectivity index (χ0n) is 12.3. The predicted molar refractivity (Wildman–Crippen MR) is 73.7 cm³/mol. The van der Waals surface area contributed by atoms with Gasteiger partial charge in [0.25, 0.3) is 0 Å². The minimum Gasteiger partial charge on any atom is -0.369 e. The molecule has 1 heterocycles. The zero-order valence-corrected chi connectivity index (χ0v) is 12.3. The third-order valence-electron chi connectivity index (χ3n) is 3.55. The number of carbonyl (C=O) groups excluding carboxylic acids is 2. The van der Waals surface area contributed by atoms with Gasteiger partial charge in [-0.3, -0.25) is 9.59 Å². The largest absolute Gasteiger partial charge is 0.369 e. The lowest BCUT2D eigenvalue weighted by atomic mass is 10.0. The summed E-state index contributed by atoms with van der Waals surface area (Å²) >= 11 is 0. The molecular weight excluding hydrogens is 244 g/mol. The van der Waals surface area contributed by atoms with Crippen molar-refractivity contribution in [3.8, 4) is 0 Å². The fraction of sp³-hybridized carbons (Fsp3) is 0.857. The summed E-state index contributed by atoms with van der Waals surface area (Å²) in [5, 5.41) is 2.74. The summed E-state index contributed by atoms with van der Waals surface area (Å²) in [4.78, 5) is 25.6. The molecule has 1 aliphatic heterocycles. The van der Waals surface area contributed by atoms with Gasteiger partial charge in [0, 0.05) is 32.2 Å². The van der Waals surface area contributed by atoms with Crippen LogP contribution >= 0.6 is 0 Å². The topological polar surface area (TPSA) is 58.6 Å². The first-order valence-corrected chi connectivity index (χ1v) is 7.25. The quantitative estimate of drug-likeness (QED) is 0.792. The molecule has 5 heteroatoms. The van der Waals surface area contributed by atoms with E-state index in [1.807, 2.05) is 11.8 Å². The van der Waals surface area contributed by atoms with E-state index in [0.717, 1.165) is 19.4 Å². The van der Waals surface area contributed by atoms with E-state index in [1.165, 1.54) is 6.42 Å². The van der Waals surface area contributed by atoms with Gasteiger partial charge >= 0.3 is 0 Å². The maximum absolute atomic E-state index is 12.0. The van der Waals surface area contributed by atoms with Crippen molar-refractivity contribution in [2.75, 3.05) is 19.7 Å². The van der Waals surface area contributed by atoms with Crippen LogP contribution in [-0.4, -0.2) is 48.6 Å². The minimum atomic E-state index is -0.450. The van der Waals surface area contributed by atoms with Crippen LogP contribution in [0.1, 0.15) is 46.5 Å². The van der Waals surface area contributed by atoms with Crippen LogP contribution < -0.4 is 5.32 Å². The summed E-state index contributed by atoms with van der Waals surface area (Å²) in [6, 6.07) is 0.333. The summed E-state index contributed by atoms with van der Waals surface area (Å²) < 4.78 is 5.19. The molecule has 1 aliphatic rings.